The quantitative estimate of drug-likeness (QED) is 0.777. The van der Waals surface area contributed by atoms with Gasteiger partial charge in [-0.15, -0.1) is 0 Å². The highest BCUT2D eigenvalue weighted by molar-refractivity contribution is 5.84. The molecular formula is C16H17N3. The van der Waals surface area contributed by atoms with Crippen LogP contribution in [-0.4, -0.2) is 22.8 Å². The van der Waals surface area contributed by atoms with Crippen molar-refractivity contribution < 1.29 is 0 Å². The minimum atomic E-state index is 0.293. The number of nitrogens with zero attached hydrogens (tertiary/aromatic N) is 3. The van der Waals surface area contributed by atoms with Gasteiger partial charge in [-0.2, -0.15) is 0 Å². The van der Waals surface area contributed by atoms with Crippen molar-refractivity contribution in [2.24, 2.45) is 4.99 Å². The smallest absolute Gasteiger partial charge is 0.102 e. The summed E-state index contributed by atoms with van der Waals surface area (Å²) in [5, 5.41) is 0. The first-order valence-corrected chi connectivity index (χ1v) is 6.51. The van der Waals surface area contributed by atoms with Gasteiger partial charge in [-0.1, -0.05) is 24.3 Å². The van der Waals surface area contributed by atoms with Crippen molar-refractivity contribution in [2.75, 3.05) is 7.05 Å². The van der Waals surface area contributed by atoms with Crippen LogP contribution in [0.1, 0.15) is 24.1 Å². The van der Waals surface area contributed by atoms with E-state index in [1.807, 2.05) is 24.5 Å². The molecular weight excluding hydrogens is 234 g/mol. The second kappa shape index (κ2) is 4.84. The summed E-state index contributed by atoms with van der Waals surface area (Å²) in [5.74, 6) is 1.04. The van der Waals surface area contributed by atoms with Crippen LogP contribution in [0.25, 0.3) is 0 Å². The molecule has 1 atom stereocenters. The maximum absolute atomic E-state index is 4.72. The fourth-order valence-corrected chi connectivity index (χ4v) is 2.53. The number of amidine groups is 1. The summed E-state index contributed by atoms with van der Waals surface area (Å²) in [7, 11) is 2.10. The standard InChI is InChI=1S/C16H17N3/c1-12-18-15-8-4-3-6-13(15)10-16(19(12)2)14-7-5-9-17-11-14/h3-9,11,16H,10H2,1-2H3. The molecule has 3 rings (SSSR count). The monoisotopic (exact) mass is 251 g/mol. The van der Waals surface area contributed by atoms with Crippen LogP contribution >= 0.6 is 0 Å². The molecule has 1 unspecified atom stereocenters. The van der Waals surface area contributed by atoms with Gasteiger partial charge in [0.25, 0.3) is 0 Å². The molecule has 2 aromatic rings. The summed E-state index contributed by atoms with van der Waals surface area (Å²) >= 11 is 0. The first kappa shape index (κ1) is 11.9. The van der Waals surface area contributed by atoms with E-state index in [1.165, 1.54) is 11.1 Å². The first-order valence-electron chi connectivity index (χ1n) is 6.51. The lowest BCUT2D eigenvalue weighted by Gasteiger charge is -2.28. The number of benzene rings is 1. The van der Waals surface area contributed by atoms with Gasteiger partial charge in [0.2, 0.25) is 0 Å². The first-order chi connectivity index (χ1) is 9.25. The van der Waals surface area contributed by atoms with Gasteiger partial charge in [0.05, 0.1) is 11.7 Å². The molecule has 3 heteroatoms. The van der Waals surface area contributed by atoms with Crippen LogP contribution in [0.5, 0.6) is 0 Å². The molecule has 1 aliphatic rings. The second-order valence-corrected chi connectivity index (χ2v) is 4.90. The molecule has 3 nitrogen and oxygen atoms in total. The molecule has 0 fully saturated rings. The minimum absolute atomic E-state index is 0.293. The Hall–Kier alpha value is -2.16. The highest BCUT2D eigenvalue weighted by Crippen LogP contribution is 2.32. The Balaban J connectivity index is 2.06. The molecule has 0 saturated heterocycles. The largest absolute Gasteiger partial charge is 0.356 e. The number of para-hydroxylation sites is 1. The second-order valence-electron chi connectivity index (χ2n) is 4.90. The van der Waals surface area contributed by atoms with Gasteiger partial charge >= 0.3 is 0 Å². The molecule has 0 amide bonds. The number of pyridine rings is 1. The predicted octanol–water partition coefficient (Wildman–Crippen LogP) is 3.36. The van der Waals surface area contributed by atoms with Crippen molar-refractivity contribution in [1.29, 1.82) is 0 Å². The fraction of sp³-hybridized carbons (Fsp3) is 0.250. The van der Waals surface area contributed by atoms with Crippen molar-refractivity contribution >= 4 is 11.5 Å². The van der Waals surface area contributed by atoms with Crippen molar-refractivity contribution in [3.8, 4) is 0 Å². The van der Waals surface area contributed by atoms with Gasteiger partial charge in [-0.25, -0.2) is 4.99 Å². The van der Waals surface area contributed by atoms with Crippen LogP contribution in [0.2, 0.25) is 0 Å². The Morgan fingerprint density at radius 1 is 1.16 bits per heavy atom. The van der Waals surface area contributed by atoms with Crippen molar-refractivity contribution in [1.82, 2.24) is 9.88 Å². The van der Waals surface area contributed by atoms with Crippen LogP contribution < -0.4 is 0 Å². The lowest BCUT2D eigenvalue weighted by atomic mass is 9.98. The van der Waals surface area contributed by atoms with Crippen LogP contribution in [0.15, 0.2) is 53.8 Å². The molecule has 96 valence electrons. The van der Waals surface area contributed by atoms with E-state index in [-0.39, 0.29) is 0 Å². The van der Waals surface area contributed by atoms with Crippen molar-refractivity contribution in [2.45, 2.75) is 19.4 Å². The maximum atomic E-state index is 4.72. The molecule has 0 saturated carbocycles. The van der Waals surface area contributed by atoms with Crippen molar-refractivity contribution in [3.63, 3.8) is 0 Å². The van der Waals surface area contributed by atoms with Gasteiger partial charge in [0, 0.05) is 19.4 Å². The molecule has 1 aromatic heterocycles. The summed E-state index contributed by atoms with van der Waals surface area (Å²) in [4.78, 5) is 11.2. The molecule has 1 aliphatic heterocycles. The Labute approximate surface area is 113 Å². The third-order valence-corrected chi connectivity index (χ3v) is 3.73. The zero-order valence-electron chi connectivity index (χ0n) is 11.2. The summed E-state index contributed by atoms with van der Waals surface area (Å²) in [6.07, 6.45) is 4.72. The molecule has 0 radical (unpaired) electrons. The molecule has 0 bridgehead atoms. The Morgan fingerprint density at radius 3 is 2.79 bits per heavy atom. The van der Waals surface area contributed by atoms with E-state index < -0.39 is 0 Å². The predicted molar refractivity (Wildman–Crippen MR) is 77.7 cm³/mol. The molecule has 1 aromatic carbocycles. The van der Waals surface area contributed by atoms with Gasteiger partial charge in [-0.05, 0) is 36.6 Å². The lowest BCUT2D eigenvalue weighted by molar-refractivity contribution is 0.373. The topological polar surface area (TPSA) is 28.5 Å². The van der Waals surface area contributed by atoms with Gasteiger partial charge in [-0.3, -0.25) is 4.98 Å². The Bertz CT molecular complexity index is 604. The van der Waals surface area contributed by atoms with Gasteiger partial charge in [0.15, 0.2) is 0 Å². The average molecular weight is 251 g/mol. The number of fused-ring (bicyclic) bond motifs is 1. The third-order valence-electron chi connectivity index (χ3n) is 3.73. The highest BCUT2D eigenvalue weighted by atomic mass is 15.2. The van der Waals surface area contributed by atoms with Gasteiger partial charge in [0.1, 0.15) is 5.84 Å². The maximum Gasteiger partial charge on any atom is 0.102 e. The highest BCUT2D eigenvalue weighted by Gasteiger charge is 2.23. The van der Waals surface area contributed by atoms with E-state index in [0.717, 1.165) is 17.9 Å². The van der Waals surface area contributed by atoms with E-state index >= 15 is 0 Å². The lowest BCUT2D eigenvalue weighted by Crippen LogP contribution is -2.29. The SMILES string of the molecule is CC1=Nc2ccccc2CC(c2cccnc2)N1C. The number of rotatable bonds is 1. The summed E-state index contributed by atoms with van der Waals surface area (Å²) in [5.41, 5.74) is 3.61. The number of aromatic nitrogens is 1. The van der Waals surface area contributed by atoms with E-state index in [0.29, 0.717) is 6.04 Å². The van der Waals surface area contributed by atoms with E-state index in [9.17, 15) is 0 Å². The number of hydrogen-bond donors (Lipinski definition) is 0. The Morgan fingerprint density at radius 2 is 2.00 bits per heavy atom. The normalized spacial score (nSPS) is 18.5. The summed E-state index contributed by atoms with van der Waals surface area (Å²) in [6, 6.07) is 12.8. The van der Waals surface area contributed by atoms with Crippen LogP contribution in [0.4, 0.5) is 5.69 Å². The van der Waals surface area contributed by atoms with Crippen LogP contribution in [0.3, 0.4) is 0 Å². The van der Waals surface area contributed by atoms with E-state index in [4.69, 9.17) is 4.99 Å². The molecule has 0 N–H and O–H groups in total. The van der Waals surface area contributed by atoms with Crippen LogP contribution in [0, 0.1) is 0 Å². The summed E-state index contributed by atoms with van der Waals surface area (Å²) < 4.78 is 0. The van der Waals surface area contributed by atoms with Crippen molar-refractivity contribution in [3.05, 3.63) is 59.9 Å². The number of likely N-dealkylation sites (N-methyl/N-ethyl adjacent to an activating group) is 1. The fourth-order valence-electron chi connectivity index (χ4n) is 2.53. The molecule has 0 aliphatic carbocycles. The number of aliphatic imine (C=N–C) groups is 1. The third kappa shape index (κ3) is 2.24. The Kier molecular flexibility index (Phi) is 3.03. The van der Waals surface area contributed by atoms with Crippen LogP contribution in [-0.2, 0) is 6.42 Å². The molecule has 0 spiro atoms. The average Bonchev–Trinajstić information content (AvgIpc) is 2.58. The number of hydrogen-bond acceptors (Lipinski definition) is 3. The zero-order chi connectivity index (χ0) is 13.2. The summed E-state index contributed by atoms with van der Waals surface area (Å²) in [6.45, 7) is 2.06. The zero-order valence-corrected chi connectivity index (χ0v) is 11.2. The molecule has 19 heavy (non-hydrogen) atoms. The van der Waals surface area contributed by atoms with E-state index in [2.05, 4.69) is 48.1 Å². The van der Waals surface area contributed by atoms with E-state index in [1.54, 1.807) is 0 Å². The molecule has 2 heterocycles. The van der Waals surface area contributed by atoms with Gasteiger partial charge < -0.3 is 4.90 Å². The minimum Gasteiger partial charge on any atom is -0.356 e.